The van der Waals surface area contributed by atoms with Crippen LogP contribution in [-0.4, -0.2) is 34.0 Å². The summed E-state index contributed by atoms with van der Waals surface area (Å²) in [6.45, 7) is 5.65. The Labute approximate surface area is 149 Å². The first kappa shape index (κ1) is 17.5. The van der Waals surface area contributed by atoms with Crippen molar-refractivity contribution >= 4 is 5.91 Å². The number of ether oxygens (including phenoxy) is 1. The summed E-state index contributed by atoms with van der Waals surface area (Å²) in [6.07, 6.45) is 8.31. The van der Waals surface area contributed by atoms with Crippen molar-refractivity contribution in [3.63, 3.8) is 0 Å². The highest BCUT2D eigenvalue weighted by molar-refractivity contribution is 5.85. The molecule has 1 aliphatic rings. The van der Waals surface area contributed by atoms with Crippen LogP contribution in [-0.2, 0) is 11.3 Å². The number of amides is 1. The molecule has 0 bridgehead atoms. The Bertz CT molecular complexity index is 690. The van der Waals surface area contributed by atoms with Crippen molar-refractivity contribution in [1.82, 2.24) is 14.5 Å². The minimum absolute atomic E-state index is 0.101. The van der Waals surface area contributed by atoms with Crippen molar-refractivity contribution < 1.29 is 9.53 Å². The summed E-state index contributed by atoms with van der Waals surface area (Å²) in [4.78, 5) is 19.5. The summed E-state index contributed by atoms with van der Waals surface area (Å²) in [5, 5.41) is 0. The number of imidazole rings is 1. The first-order valence-corrected chi connectivity index (χ1v) is 9.04. The standard InChI is InChI=1S/C20H27N3O2/c1-4-18(16-6-8-17(25-3)9-7-16)23(5-2)19(24)20(10-11-20)14-22-13-12-21-15-22/h6-9,12-13,15,18H,4-5,10-11,14H2,1-3H3. The van der Waals surface area contributed by atoms with Gasteiger partial charge in [-0.05, 0) is 43.9 Å². The average molecular weight is 341 g/mol. The predicted molar refractivity (Wildman–Crippen MR) is 97.3 cm³/mol. The summed E-state index contributed by atoms with van der Waals surface area (Å²) in [7, 11) is 1.67. The van der Waals surface area contributed by atoms with Crippen molar-refractivity contribution in [2.45, 2.75) is 45.7 Å². The van der Waals surface area contributed by atoms with E-state index in [-0.39, 0.29) is 17.4 Å². The van der Waals surface area contributed by atoms with Crippen LogP contribution in [0.4, 0.5) is 0 Å². The van der Waals surface area contributed by atoms with Crippen LogP contribution in [0, 0.1) is 5.41 Å². The van der Waals surface area contributed by atoms with E-state index < -0.39 is 0 Å². The van der Waals surface area contributed by atoms with Crippen molar-refractivity contribution in [3.05, 3.63) is 48.5 Å². The van der Waals surface area contributed by atoms with Crippen LogP contribution in [0.2, 0.25) is 0 Å². The van der Waals surface area contributed by atoms with Gasteiger partial charge in [0.25, 0.3) is 0 Å². The number of hydrogen-bond donors (Lipinski definition) is 0. The van der Waals surface area contributed by atoms with E-state index >= 15 is 0 Å². The molecule has 1 unspecified atom stereocenters. The van der Waals surface area contributed by atoms with Crippen LogP contribution in [0.15, 0.2) is 43.0 Å². The highest BCUT2D eigenvalue weighted by Crippen LogP contribution is 2.50. The normalized spacial score (nSPS) is 16.3. The Kier molecular flexibility index (Phi) is 5.11. The highest BCUT2D eigenvalue weighted by Gasteiger charge is 2.52. The molecule has 1 saturated carbocycles. The molecule has 0 aliphatic heterocycles. The molecule has 25 heavy (non-hydrogen) atoms. The molecule has 0 N–H and O–H groups in total. The zero-order chi connectivity index (χ0) is 17.9. The van der Waals surface area contributed by atoms with Crippen LogP contribution in [0.25, 0.3) is 0 Å². The van der Waals surface area contributed by atoms with Gasteiger partial charge >= 0.3 is 0 Å². The summed E-state index contributed by atoms with van der Waals surface area (Å²) in [5.74, 6) is 1.11. The van der Waals surface area contributed by atoms with Crippen molar-refractivity contribution in [2.75, 3.05) is 13.7 Å². The molecular formula is C20H27N3O2. The third kappa shape index (κ3) is 3.55. The maximum atomic E-state index is 13.3. The van der Waals surface area contributed by atoms with Crippen molar-refractivity contribution in [3.8, 4) is 5.75 Å². The van der Waals surface area contributed by atoms with Gasteiger partial charge in [0.05, 0.1) is 24.9 Å². The molecule has 134 valence electrons. The number of benzene rings is 1. The number of nitrogens with zero attached hydrogens (tertiary/aromatic N) is 3. The molecule has 5 heteroatoms. The second-order valence-corrected chi connectivity index (χ2v) is 6.80. The van der Waals surface area contributed by atoms with E-state index in [1.807, 2.05) is 27.8 Å². The molecular weight excluding hydrogens is 314 g/mol. The van der Waals surface area contributed by atoms with Gasteiger partial charge in [-0.2, -0.15) is 0 Å². The molecule has 1 aliphatic carbocycles. The van der Waals surface area contributed by atoms with E-state index in [1.54, 1.807) is 19.6 Å². The Morgan fingerprint density at radius 1 is 1.32 bits per heavy atom. The molecule has 1 amide bonds. The number of rotatable bonds is 8. The minimum atomic E-state index is -0.253. The van der Waals surface area contributed by atoms with Gasteiger partial charge in [0, 0.05) is 25.5 Å². The molecule has 2 aromatic rings. The molecule has 1 aromatic heterocycles. The largest absolute Gasteiger partial charge is 0.497 e. The zero-order valence-corrected chi connectivity index (χ0v) is 15.3. The number of hydrogen-bond acceptors (Lipinski definition) is 3. The summed E-state index contributed by atoms with van der Waals surface area (Å²) < 4.78 is 7.27. The van der Waals surface area contributed by atoms with Gasteiger partial charge in [0.1, 0.15) is 5.75 Å². The Hall–Kier alpha value is -2.30. The van der Waals surface area contributed by atoms with Crippen LogP contribution < -0.4 is 4.74 Å². The lowest BCUT2D eigenvalue weighted by Gasteiger charge is -2.34. The molecule has 5 nitrogen and oxygen atoms in total. The second-order valence-electron chi connectivity index (χ2n) is 6.80. The third-order valence-electron chi connectivity index (χ3n) is 5.22. The number of aromatic nitrogens is 2. The predicted octanol–water partition coefficient (Wildman–Crippen LogP) is 3.67. The minimum Gasteiger partial charge on any atom is -0.497 e. The maximum Gasteiger partial charge on any atom is 0.231 e. The van der Waals surface area contributed by atoms with E-state index in [4.69, 9.17) is 4.74 Å². The van der Waals surface area contributed by atoms with Gasteiger partial charge in [-0.15, -0.1) is 0 Å². The first-order valence-electron chi connectivity index (χ1n) is 9.04. The van der Waals surface area contributed by atoms with Gasteiger partial charge in [-0.3, -0.25) is 4.79 Å². The lowest BCUT2D eigenvalue weighted by Crippen LogP contribution is -2.41. The topological polar surface area (TPSA) is 47.4 Å². The SMILES string of the molecule is CCC(c1ccc(OC)cc1)N(CC)C(=O)C1(Cn2ccnc2)CC1. The van der Waals surface area contributed by atoms with Crippen LogP contribution in [0.5, 0.6) is 5.75 Å². The smallest absolute Gasteiger partial charge is 0.231 e. The Morgan fingerprint density at radius 2 is 2.04 bits per heavy atom. The molecule has 1 heterocycles. The fraction of sp³-hybridized carbons (Fsp3) is 0.500. The second kappa shape index (κ2) is 7.30. The highest BCUT2D eigenvalue weighted by atomic mass is 16.5. The van der Waals surface area contributed by atoms with Gasteiger partial charge in [-0.25, -0.2) is 4.98 Å². The molecule has 1 fully saturated rings. The van der Waals surface area contributed by atoms with E-state index in [0.717, 1.165) is 43.7 Å². The van der Waals surface area contributed by atoms with Gasteiger partial charge < -0.3 is 14.2 Å². The van der Waals surface area contributed by atoms with Gasteiger partial charge in [-0.1, -0.05) is 19.1 Å². The fourth-order valence-electron chi connectivity index (χ4n) is 3.59. The molecule has 0 saturated heterocycles. The number of carbonyl (C=O) groups is 1. The summed E-state index contributed by atoms with van der Waals surface area (Å²) in [6, 6.07) is 8.17. The lowest BCUT2D eigenvalue weighted by atomic mass is 9.98. The molecule has 0 spiro atoms. The Balaban J connectivity index is 1.80. The lowest BCUT2D eigenvalue weighted by molar-refractivity contribution is -0.140. The number of methoxy groups -OCH3 is 1. The third-order valence-corrected chi connectivity index (χ3v) is 5.22. The number of carbonyl (C=O) groups excluding carboxylic acids is 1. The quantitative estimate of drug-likeness (QED) is 0.736. The van der Waals surface area contributed by atoms with Crippen molar-refractivity contribution in [1.29, 1.82) is 0 Å². The van der Waals surface area contributed by atoms with E-state index in [0.29, 0.717) is 0 Å². The van der Waals surface area contributed by atoms with Crippen LogP contribution >= 0.6 is 0 Å². The molecule has 1 aromatic carbocycles. The van der Waals surface area contributed by atoms with Crippen LogP contribution in [0.3, 0.4) is 0 Å². The average Bonchev–Trinajstić information content (AvgIpc) is 3.25. The summed E-state index contributed by atoms with van der Waals surface area (Å²) >= 11 is 0. The van der Waals surface area contributed by atoms with Gasteiger partial charge in [0.2, 0.25) is 5.91 Å². The fourth-order valence-corrected chi connectivity index (χ4v) is 3.59. The van der Waals surface area contributed by atoms with E-state index in [1.165, 1.54) is 0 Å². The maximum absolute atomic E-state index is 13.3. The Morgan fingerprint density at radius 3 is 2.52 bits per heavy atom. The molecule has 1 atom stereocenters. The monoisotopic (exact) mass is 341 g/mol. The van der Waals surface area contributed by atoms with Crippen molar-refractivity contribution in [2.24, 2.45) is 5.41 Å². The summed E-state index contributed by atoms with van der Waals surface area (Å²) in [5.41, 5.74) is 0.910. The van der Waals surface area contributed by atoms with Crippen LogP contribution in [0.1, 0.15) is 44.7 Å². The van der Waals surface area contributed by atoms with E-state index in [9.17, 15) is 4.79 Å². The first-order chi connectivity index (χ1) is 12.1. The molecule has 0 radical (unpaired) electrons. The zero-order valence-electron chi connectivity index (χ0n) is 15.3. The van der Waals surface area contributed by atoms with Gasteiger partial charge in [0.15, 0.2) is 0 Å². The van der Waals surface area contributed by atoms with E-state index in [2.05, 4.69) is 31.0 Å². The molecule has 3 rings (SSSR count).